The Kier molecular flexibility index (Phi) is 6.25. The molecule has 0 heteroatoms. The Balaban J connectivity index is 4.66. The highest BCUT2D eigenvalue weighted by atomic mass is 14.4. The fourth-order valence-corrected chi connectivity index (χ4v) is 2.92. The van der Waals surface area contributed by atoms with Crippen molar-refractivity contribution >= 4 is 0 Å². The van der Waals surface area contributed by atoms with Crippen LogP contribution in [0.1, 0.15) is 81.6 Å². The maximum absolute atomic E-state index is 2.47. The van der Waals surface area contributed by atoms with Gasteiger partial charge < -0.3 is 0 Å². The molecule has 0 nitrogen and oxygen atoms in total. The molecule has 0 aromatic heterocycles. The van der Waals surface area contributed by atoms with E-state index in [0.717, 1.165) is 17.8 Å². The lowest BCUT2D eigenvalue weighted by Crippen LogP contribution is -2.32. The Morgan fingerprint density at radius 3 is 1.53 bits per heavy atom. The van der Waals surface area contributed by atoms with Crippen LogP contribution >= 0.6 is 0 Å². The van der Waals surface area contributed by atoms with E-state index in [-0.39, 0.29) is 0 Å². The fourth-order valence-electron chi connectivity index (χ4n) is 2.92. The monoisotopic (exact) mass is 240 g/mol. The molecule has 0 rings (SSSR count). The lowest BCUT2D eigenvalue weighted by atomic mass is 9.64. The zero-order valence-electron chi connectivity index (χ0n) is 13.9. The smallest absolute Gasteiger partial charge is 0.0323 e. The summed E-state index contributed by atoms with van der Waals surface area (Å²) in [6.45, 7) is 21.6. The number of rotatable bonds is 6. The van der Waals surface area contributed by atoms with Crippen molar-refractivity contribution in [3.05, 3.63) is 0 Å². The van der Waals surface area contributed by atoms with Gasteiger partial charge in [-0.25, -0.2) is 0 Å². The first-order valence-electron chi connectivity index (χ1n) is 7.56. The minimum atomic E-state index is 0.435. The first kappa shape index (κ1) is 17.0. The molecule has 0 saturated carbocycles. The molecule has 0 radical (unpaired) electrons. The maximum Gasteiger partial charge on any atom is -0.0323 e. The van der Waals surface area contributed by atoms with Crippen LogP contribution in [0.3, 0.4) is 0 Å². The Hall–Kier alpha value is 0. The average molecular weight is 240 g/mol. The van der Waals surface area contributed by atoms with Gasteiger partial charge in [-0.2, -0.15) is 0 Å². The van der Waals surface area contributed by atoms with Crippen molar-refractivity contribution in [1.29, 1.82) is 0 Å². The van der Waals surface area contributed by atoms with Crippen molar-refractivity contribution < 1.29 is 0 Å². The summed E-state index contributed by atoms with van der Waals surface area (Å²) in [5.41, 5.74) is 0.897. The number of hydrogen-bond donors (Lipinski definition) is 0. The molecule has 2 unspecified atom stereocenters. The van der Waals surface area contributed by atoms with E-state index < -0.39 is 0 Å². The van der Waals surface area contributed by atoms with Gasteiger partial charge in [0.2, 0.25) is 0 Å². The Bertz CT molecular complexity index is 203. The van der Waals surface area contributed by atoms with Gasteiger partial charge in [0.05, 0.1) is 0 Å². The molecule has 0 saturated heterocycles. The van der Waals surface area contributed by atoms with E-state index in [1.165, 1.54) is 19.3 Å². The molecule has 17 heavy (non-hydrogen) atoms. The zero-order chi connectivity index (χ0) is 13.9. The van der Waals surface area contributed by atoms with E-state index in [0.29, 0.717) is 10.8 Å². The summed E-state index contributed by atoms with van der Waals surface area (Å²) >= 11 is 0. The third-order valence-electron chi connectivity index (χ3n) is 5.30. The van der Waals surface area contributed by atoms with Gasteiger partial charge in [-0.3, -0.25) is 0 Å². The first-order valence-corrected chi connectivity index (χ1v) is 7.56. The molecule has 0 aromatic carbocycles. The SMILES string of the molecule is CCC(CC)C(C)C(C)(C)CC(C)C(C)(C)C. The van der Waals surface area contributed by atoms with E-state index in [4.69, 9.17) is 0 Å². The molecule has 0 aromatic rings. The summed E-state index contributed by atoms with van der Waals surface area (Å²) in [6, 6.07) is 0. The van der Waals surface area contributed by atoms with Crippen LogP contribution in [-0.4, -0.2) is 0 Å². The highest BCUT2D eigenvalue weighted by Gasteiger charge is 2.34. The van der Waals surface area contributed by atoms with Crippen molar-refractivity contribution in [2.24, 2.45) is 28.6 Å². The van der Waals surface area contributed by atoms with Crippen molar-refractivity contribution in [3.8, 4) is 0 Å². The third kappa shape index (κ3) is 5.02. The highest BCUT2D eigenvalue weighted by Crippen LogP contribution is 2.43. The largest absolute Gasteiger partial charge is 0.0651 e. The lowest BCUT2D eigenvalue weighted by molar-refractivity contribution is 0.0847. The molecule has 0 amide bonds. The van der Waals surface area contributed by atoms with Gasteiger partial charge in [0, 0.05) is 0 Å². The Morgan fingerprint density at radius 2 is 1.24 bits per heavy atom. The minimum Gasteiger partial charge on any atom is -0.0651 e. The molecular weight excluding hydrogens is 204 g/mol. The molecular formula is C17H36. The summed E-state index contributed by atoms with van der Waals surface area (Å²) < 4.78 is 0. The van der Waals surface area contributed by atoms with Gasteiger partial charge in [-0.1, -0.05) is 75.2 Å². The average Bonchev–Trinajstić information content (AvgIpc) is 2.17. The standard InChI is InChI=1S/C17H36/c1-10-15(11-2)14(4)17(8,9)12-13(3)16(5,6)7/h13-15H,10-12H2,1-9H3. The summed E-state index contributed by atoms with van der Waals surface area (Å²) in [5.74, 6) is 2.49. The maximum atomic E-state index is 2.47. The van der Waals surface area contributed by atoms with Gasteiger partial charge in [-0.05, 0) is 35.0 Å². The van der Waals surface area contributed by atoms with E-state index in [1.807, 2.05) is 0 Å². The van der Waals surface area contributed by atoms with Gasteiger partial charge in [-0.15, -0.1) is 0 Å². The summed E-state index contributed by atoms with van der Waals surface area (Å²) in [6.07, 6.45) is 3.99. The van der Waals surface area contributed by atoms with Crippen LogP contribution in [0.2, 0.25) is 0 Å². The van der Waals surface area contributed by atoms with Crippen LogP contribution in [0.5, 0.6) is 0 Å². The van der Waals surface area contributed by atoms with Crippen molar-refractivity contribution in [1.82, 2.24) is 0 Å². The fraction of sp³-hybridized carbons (Fsp3) is 1.00. The van der Waals surface area contributed by atoms with E-state index in [2.05, 4.69) is 62.3 Å². The molecule has 0 fully saturated rings. The predicted octanol–water partition coefficient (Wildman–Crippen LogP) is 6.16. The predicted molar refractivity (Wildman–Crippen MR) is 80.3 cm³/mol. The normalized spacial score (nSPS) is 17.3. The van der Waals surface area contributed by atoms with Crippen LogP contribution in [0, 0.1) is 28.6 Å². The van der Waals surface area contributed by atoms with Crippen molar-refractivity contribution in [3.63, 3.8) is 0 Å². The van der Waals surface area contributed by atoms with E-state index >= 15 is 0 Å². The second kappa shape index (κ2) is 6.25. The Morgan fingerprint density at radius 1 is 0.824 bits per heavy atom. The first-order chi connectivity index (χ1) is 7.56. The molecule has 104 valence electrons. The molecule has 0 bridgehead atoms. The van der Waals surface area contributed by atoms with E-state index in [9.17, 15) is 0 Å². The third-order valence-corrected chi connectivity index (χ3v) is 5.30. The van der Waals surface area contributed by atoms with Crippen molar-refractivity contribution in [2.45, 2.75) is 81.6 Å². The van der Waals surface area contributed by atoms with Crippen LogP contribution < -0.4 is 0 Å². The summed E-state index contributed by atoms with van der Waals surface area (Å²) in [5, 5.41) is 0. The molecule has 0 aliphatic rings. The van der Waals surface area contributed by atoms with Gasteiger partial charge in [0.1, 0.15) is 0 Å². The molecule has 0 heterocycles. The molecule has 0 N–H and O–H groups in total. The van der Waals surface area contributed by atoms with Gasteiger partial charge in [0.25, 0.3) is 0 Å². The second-order valence-electron chi connectivity index (χ2n) is 7.83. The molecule has 2 atom stereocenters. The quantitative estimate of drug-likeness (QED) is 0.522. The number of hydrogen-bond acceptors (Lipinski definition) is 0. The van der Waals surface area contributed by atoms with Crippen molar-refractivity contribution in [2.75, 3.05) is 0 Å². The zero-order valence-corrected chi connectivity index (χ0v) is 13.9. The minimum absolute atomic E-state index is 0.435. The molecule has 0 aliphatic carbocycles. The van der Waals surface area contributed by atoms with Crippen LogP contribution in [0.4, 0.5) is 0 Å². The van der Waals surface area contributed by atoms with Crippen LogP contribution in [0.15, 0.2) is 0 Å². The summed E-state index contributed by atoms with van der Waals surface area (Å²) in [4.78, 5) is 0. The van der Waals surface area contributed by atoms with Gasteiger partial charge >= 0.3 is 0 Å². The lowest BCUT2D eigenvalue weighted by Gasteiger charge is -2.41. The van der Waals surface area contributed by atoms with Gasteiger partial charge in [0.15, 0.2) is 0 Å². The van der Waals surface area contributed by atoms with Crippen LogP contribution in [-0.2, 0) is 0 Å². The Labute approximate surface area is 111 Å². The molecule has 0 spiro atoms. The topological polar surface area (TPSA) is 0 Å². The second-order valence-corrected chi connectivity index (χ2v) is 7.83. The van der Waals surface area contributed by atoms with Crippen LogP contribution in [0.25, 0.3) is 0 Å². The molecule has 0 aliphatic heterocycles. The summed E-state index contributed by atoms with van der Waals surface area (Å²) in [7, 11) is 0. The van der Waals surface area contributed by atoms with E-state index in [1.54, 1.807) is 0 Å². The highest BCUT2D eigenvalue weighted by molar-refractivity contribution is 4.84.